The molecule has 4 heteroatoms. The van der Waals surface area contributed by atoms with Gasteiger partial charge in [-0.1, -0.05) is 13.0 Å². The summed E-state index contributed by atoms with van der Waals surface area (Å²) in [4.78, 5) is 20.7. The number of nitrogens with zero attached hydrogens (tertiary/aromatic N) is 3. The first-order chi connectivity index (χ1) is 9.20. The quantitative estimate of drug-likeness (QED) is 0.839. The summed E-state index contributed by atoms with van der Waals surface area (Å²) in [6, 6.07) is 5.98. The largest absolute Gasteiger partial charge is 0.324 e. The van der Waals surface area contributed by atoms with Crippen molar-refractivity contribution < 1.29 is 4.79 Å². The number of amides is 2. The fourth-order valence-corrected chi connectivity index (χ4v) is 2.57. The average Bonchev–Trinajstić information content (AvgIpc) is 2.45. The lowest BCUT2D eigenvalue weighted by Crippen LogP contribution is -2.46. The van der Waals surface area contributed by atoms with Crippen LogP contribution in [0.25, 0.3) is 0 Å². The topological polar surface area (TPSA) is 36.4 Å². The molecule has 1 atom stereocenters. The third-order valence-corrected chi connectivity index (χ3v) is 3.66. The molecule has 0 aromatic carbocycles. The highest BCUT2D eigenvalue weighted by Crippen LogP contribution is 2.17. The van der Waals surface area contributed by atoms with Gasteiger partial charge in [-0.25, -0.2) is 4.79 Å². The van der Waals surface area contributed by atoms with Crippen LogP contribution in [-0.2, 0) is 6.54 Å². The second-order valence-electron chi connectivity index (χ2n) is 5.31. The Hall–Kier alpha value is -1.58. The molecule has 0 aliphatic carbocycles. The monoisotopic (exact) mass is 261 g/mol. The molecule has 0 bridgehead atoms. The van der Waals surface area contributed by atoms with Gasteiger partial charge in [-0.2, -0.15) is 0 Å². The number of pyridine rings is 1. The Morgan fingerprint density at radius 3 is 3.00 bits per heavy atom. The van der Waals surface area contributed by atoms with E-state index in [0.29, 0.717) is 12.5 Å². The van der Waals surface area contributed by atoms with Crippen LogP contribution in [0.3, 0.4) is 0 Å². The SMILES string of the molecule is CCN(Cc1ccccn1)C(=O)N1CCCC(C)C1. The standard InChI is InChI=1S/C15H23N3O/c1-3-17(12-14-8-4-5-9-16-14)15(19)18-10-6-7-13(2)11-18/h4-5,8-9,13H,3,6-7,10-12H2,1-2H3. The molecule has 104 valence electrons. The third kappa shape index (κ3) is 3.69. The Bertz CT molecular complexity index is 407. The number of urea groups is 1. The summed E-state index contributed by atoms with van der Waals surface area (Å²) >= 11 is 0. The van der Waals surface area contributed by atoms with Crippen LogP contribution in [0.5, 0.6) is 0 Å². The number of rotatable bonds is 3. The van der Waals surface area contributed by atoms with Gasteiger partial charge in [0, 0.05) is 25.8 Å². The maximum absolute atomic E-state index is 12.5. The van der Waals surface area contributed by atoms with Crippen LogP contribution in [-0.4, -0.2) is 40.4 Å². The van der Waals surface area contributed by atoms with E-state index in [-0.39, 0.29) is 6.03 Å². The lowest BCUT2D eigenvalue weighted by atomic mass is 10.0. The Balaban J connectivity index is 1.98. The van der Waals surface area contributed by atoms with E-state index in [1.54, 1.807) is 6.20 Å². The number of piperidine rings is 1. The van der Waals surface area contributed by atoms with Crippen molar-refractivity contribution in [2.75, 3.05) is 19.6 Å². The van der Waals surface area contributed by atoms with Crippen LogP contribution in [0.15, 0.2) is 24.4 Å². The molecule has 1 fully saturated rings. The van der Waals surface area contributed by atoms with E-state index in [1.807, 2.05) is 34.9 Å². The van der Waals surface area contributed by atoms with E-state index in [0.717, 1.165) is 31.7 Å². The van der Waals surface area contributed by atoms with E-state index in [4.69, 9.17) is 0 Å². The van der Waals surface area contributed by atoms with Gasteiger partial charge in [-0.3, -0.25) is 4.98 Å². The summed E-state index contributed by atoms with van der Waals surface area (Å²) in [7, 11) is 0. The summed E-state index contributed by atoms with van der Waals surface area (Å²) in [6.07, 6.45) is 4.13. The van der Waals surface area contributed by atoms with E-state index >= 15 is 0 Å². The maximum atomic E-state index is 12.5. The molecule has 2 rings (SSSR count). The van der Waals surface area contributed by atoms with Crippen LogP contribution in [0.2, 0.25) is 0 Å². The minimum Gasteiger partial charge on any atom is -0.324 e. The Morgan fingerprint density at radius 2 is 2.37 bits per heavy atom. The lowest BCUT2D eigenvalue weighted by Gasteiger charge is -2.35. The van der Waals surface area contributed by atoms with Crippen molar-refractivity contribution >= 4 is 6.03 Å². The zero-order chi connectivity index (χ0) is 13.7. The zero-order valence-electron chi connectivity index (χ0n) is 11.9. The fourth-order valence-electron chi connectivity index (χ4n) is 2.57. The van der Waals surface area contributed by atoms with Crippen molar-refractivity contribution in [1.82, 2.24) is 14.8 Å². The number of aromatic nitrogens is 1. The molecule has 2 heterocycles. The van der Waals surface area contributed by atoms with Gasteiger partial charge in [-0.15, -0.1) is 0 Å². The van der Waals surface area contributed by atoms with E-state index in [9.17, 15) is 4.79 Å². The molecule has 4 nitrogen and oxygen atoms in total. The highest BCUT2D eigenvalue weighted by molar-refractivity contribution is 5.74. The Kier molecular flexibility index (Phi) is 4.77. The molecule has 0 saturated carbocycles. The van der Waals surface area contributed by atoms with Gasteiger partial charge in [0.1, 0.15) is 0 Å². The summed E-state index contributed by atoms with van der Waals surface area (Å²) < 4.78 is 0. The summed E-state index contributed by atoms with van der Waals surface area (Å²) in [5.74, 6) is 0.617. The molecule has 1 aromatic heterocycles. The van der Waals surface area contributed by atoms with Crippen LogP contribution in [0, 0.1) is 5.92 Å². The normalized spacial score (nSPS) is 19.3. The van der Waals surface area contributed by atoms with Crippen molar-refractivity contribution in [2.45, 2.75) is 33.2 Å². The highest BCUT2D eigenvalue weighted by atomic mass is 16.2. The lowest BCUT2D eigenvalue weighted by molar-refractivity contribution is 0.130. The zero-order valence-corrected chi connectivity index (χ0v) is 11.9. The summed E-state index contributed by atoms with van der Waals surface area (Å²) in [5.41, 5.74) is 0.947. The molecule has 2 amide bonds. The number of hydrogen-bond acceptors (Lipinski definition) is 2. The van der Waals surface area contributed by atoms with Crippen LogP contribution >= 0.6 is 0 Å². The van der Waals surface area contributed by atoms with Crippen molar-refractivity contribution in [1.29, 1.82) is 0 Å². The smallest absolute Gasteiger partial charge is 0.320 e. The molecule has 1 aliphatic rings. The first-order valence-corrected chi connectivity index (χ1v) is 7.14. The van der Waals surface area contributed by atoms with Crippen molar-refractivity contribution in [2.24, 2.45) is 5.92 Å². The number of hydrogen-bond donors (Lipinski definition) is 0. The molecular weight excluding hydrogens is 238 g/mol. The first kappa shape index (κ1) is 13.8. The predicted molar refractivity (Wildman–Crippen MR) is 75.7 cm³/mol. The van der Waals surface area contributed by atoms with E-state index in [1.165, 1.54) is 6.42 Å². The van der Waals surface area contributed by atoms with Gasteiger partial charge >= 0.3 is 6.03 Å². The summed E-state index contributed by atoms with van der Waals surface area (Å²) in [5, 5.41) is 0. The minimum absolute atomic E-state index is 0.153. The Labute approximate surface area is 115 Å². The second kappa shape index (κ2) is 6.55. The van der Waals surface area contributed by atoms with Gasteiger partial charge in [-0.05, 0) is 37.8 Å². The number of carbonyl (C=O) groups is 1. The van der Waals surface area contributed by atoms with E-state index < -0.39 is 0 Å². The van der Waals surface area contributed by atoms with Crippen LogP contribution in [0.4, 0.5) is 4.79 Å². The van der Waals surface area contributed by atoms with Crippen LogP contribution < -0.4 is 0 Å². The Morgan fingerprint density at radius 1 is 1.53 bits per heavy atom. The molecule has 0 spiro atoms. The molecule has 1 saturated heterocycles. The number of likely N-dealkylation sites (tertiary alicyclic amines) is 1. The van der Waals surface area contributed by atoms with Gasteiger partial charge in [0.15, 0.2) is 0 Å². The van der Waals surface area contributed by atoms with Gasteiger partial charge in [0.2, 0.25) is 0 Å². The molecular formula is C15H23N3O. The number of carbonyl (C=O) groups excluding carboxylic acids is 1. The molecule has 19 heavy (non-hydrogen) atoms. The van der Waals surface area contributed by atoms with Crippen LogP contribution in [0.1, 0.15) is 32.4 Å². The first-order valence-electron chi connectivity index (χ1n) is 7.14. The maximum Gasteiger partial charge on any atom is 0.320 e. The summed E-state index contributed by atoms with van der Waals surface area (Å²) in [6.45, 7) is 7.34. The third-order valence-electron chi connectivity index (χ3n) is 3.66. The minimum atomic E-state index is 0.153. The van der Waals surface area contributed by atoms with E-state index in [2.05, 4.69) is 11.9 Å². The average molecular weight is 261 g/mol. The molecule has 1 unspecified atom stereocenters. The molecule has 1 aromatic rings. The van der Waals surface area contributed by atoms with Crippen molar-refractivity contribution in [3.63, 3.8) is 0 Å². The predicted octanol–water partition coefficient (Wildman–Crippen LogP) is 2.76. The van der Waals surface area contributed by atoms with Crippen molar-refractivity contribution in [3.8, 4) is 0 Å². The molecule has 1 aliphatic heterocycles. The second-order valence-corrected chi connectivity index (χ2v) is 5.31. The van der Waals surface area contributed by atoms with Gasteiger partial charge < -0.3 is 9.80 Å². The fraction of sp³-hybridized carbons (Fsp3) is 0.600. The van der Waals surface area contributed by atoms with Gasteiger partial charge in [0.25, 0.3) is 0 Å². The molecule has 0 N–H and O–H groups in total. The van der Waals surface area contributed by atoms with Crippen molar-refractivity contribution in [3.05, 3.63) is 30.1 Å². The van der Waals surface area contributed by atoms with Gasteiger partial charge in [0.05, 0.1) is 12.2 Å². The highest BCUT2D eigenvalue weighted by Gasteiger charge is 2.24. The molecule has 0 radical (unpaired) electrons.